The number of sulfonamides is 1. The number of fused-ring (bicyclic) bond motifs is 1. The molecule has 3 N–H and O–H groups in total. The van der Waals surface area contributed by atoms with E-state index < -0.39 is 20.9 Å². The number of anilines is 3. The summed E-state index contributed by atoms with van der Waals surface area (Å²) in [6.45, 7) is 2.81. The van der Waals surface area contributed by atoms with Crippen LogP contribution in [0.2, 0.25) is 0 Å². The Balaban J connectivity index is 1.45. The lowest BCUT2D eigenvalue weighted by atomic mass is 10.1. The molecule has 5 rings (SSSR count). The topological polar surface area (TPSA) is 156 Å². The summed E-state index contributed by atoms with van der Waals surface area (Å²) in [7, 11) is -2.76. The van der Waals surface area contributed by atoms with Crippen LogP contribution in [0.3, 0.4) is 0 Å². The van der Waals surface area contributed by atoms with Gasteiger partial charge in [0.05, 0.1) is 30.1 Å². The number of nitrogens with zero attached hydrogens (tertiary/aromatic N) is 2. The number of hydrogen-bond acceptors (Lipinski definition) is 9. The van der Waals surface area contributed by atoms with Crippen LogP contribution in [0.4, 0.5) is 22.7 Å². The molecule has 0 spiro atoms. The summed E-state index contributed by atoms with van der Waals surface area (Å²) in [5.74, 6) is -0.504. The Morgan fingerprint density at radius 3 is 2.51 bits per heavy atom. The van der Waals surface area contributed by atoms with Crippen LogP contribution in [0.25, 0.3) is 10.9 Å². The second-order valence-corrected chi connectivity index (χ2v) is 10.4. The molecule has 0 aliphatic carbocycles. The second-order valence-electron chi connectivity index (χ2n) is 8.75. The fourth-order valence-corrected chi connectivity index (χ4v) is 5.30. The highest BCUT2D eigenvalue weighted by Gasteiger charge is 2.24. The first-order valence-corrected chi connectivity index (χ1v) is 13.4. The number of aromatic amines is 1. The summed E-state index contributed by atoms with van der Waals surface area (Å²) in [5.41, 5.74) is 1.92. The van der Waals surface area contributed by atoms with E-state index in [0.29, 0.717) is 30.0 Å². The molecule has 0 bridgehead atoms. The summed E-state index contributed by atoms with van der Waals surface area (Å²) in [6, 6.07) is 17.5. The van der Waals surface area contributed by atoms with E-state index >= 15 is 0 Å². The van der Waals surface area contributed by atoms with Crippen molar-refractivity contribution in [3.8, 4) is 5.75 Å². The number of morpholine rings is 1. The molecule has 0 radical (unpaired) electrons. The minimum atomic E-state index is -4.21. The number of nitro groups is 1. The molecule has 1 aromatic heterocycles. The van der Waals surface area contributed by atoms with Gasteiger partial charge in [-0.15, -0.1) is 0 Å². The average Bonchev–Trinajstić information content (AvgIpc) is 3.40. The molecule has 12 nitrogen and oxygen atoms in total. The molecular formula is C26H25N5O7S. The highest BCUT2D eigenvalue weighted by molar-refractivity contribution is 7.90. The van der Waals surface area contributed by atoms with E-state index in [1.54, 1.807) is 6.07 Å². The van der Waals surface area contributed by atoms with Crippen molar-refractivity contribution in [2.24, 2.45) is 0 Å². The number of rotatable bonds is 8. The lowest BCUT2D eigenvalue weighted by Crippen LogP contribution is -2.36. The number of hydrogen-bond donors (Lipinski definition) is 3. The van der Waals surface area contributed by atoms with Gasteiger partial charge >= 0.3 is 0 Å². The number of aromatic nitrogens is 1. The minimum absolute atomic E-state index is 0.0846. The van der Waals surface area contributed by atoms with Gasteiger partial charge in [-0.25, -0.2) is 13.1 Å². The van der Waals surface area contributed by atoms with E-state index in [4.69, 9.17) is 9.47 Å². The van der Waals surface area contributed by atoms with Gasteiger partial charge in [0.1, 0.15) is 17.0 Å². The molecule has 0 saturated carbocycles. The van der Waals surface area contributed by atoms with Crippen molar-refractivity contribution in [3.63, 3.8) is 0 Å². The molecule has 1 fully saturated rings. The van der Waals surface area contributed by atoms with Crippen molar-refractivity contribution < 1.29 is 27.6 Å². The van der Waals surface area contributed by atoms with Gasteiger partial charge in [0.15, 0.2) is 0 Å². The number of ether oxygens (including phenoxy) is 2. The SMILES string of the molecule is COc1ccc(S(=O)(=O)NC(=O)c2cc3c(Nc4cccc(N5CCOCC5)c4)ccc([N+](=O)[O-])c3[nH]2)cc1. The van der Waals surface area contributed by atoms with Crippen molar-refractivity contribution in [3.05, 3.63) is 82.5 Å². The zero-order valence-corrected chi connectivity index (χ0v) is 21.7. The van der Waals surface area contributed by atoms with Crippen LogP contribution < -0.4 is 19.7 Å². The van der Waals surface area contributed by atoms with Crippen molar-refractivity contribution in [2.45, 2.75) is 4.90 Å². The Kier molecular flexibility index (Phi) is 7.09. The predicted octanol–water partition coefficient (Wildman–Crippen LogP) is 3.78. The van der Waals surface area contributed by atoms with Gasteiger partial charge in [-0.1, -0.05) is 6.07 Å². The van der Waals surface area contributed by atoms with E-state index in [9.17, 15) is 23.3 Å². The highest BCUT2D eigenvalue weighted by atomic mass is 32.2. The Morgan fingerprint density at radius 2 is 1.82 bits per heavy atom. The molecule has 3 aromatic carbocycles. The highest BCUT2D eigenvalue weighted by Crippen LogP contribution is 2.34. The van der Waals surface area contributed by atoms with Gasteiger partial charge in [-0.2, -0.15) is 0 Å². The Bertz CT molecular complexity index is 1650. The van der Waals surface area contributed by atoms with Crippen molar-refractivity contribution in [2.75, 3.05) is 43.6 Å². The predicted molar refractivity (Wildman–Crippen MR) is 145 cm³/mol. The van der Waals surface area contributed by atoms with Crippen molar-refractivity contribution >= 4 is 49.6 Å². The molecule has 0 unspecified atom stereocenters. The largest absolute Gasteiger partial charge is 0.497 e. The number of nitrogens with one attached hydrogen (secondary N) is 3. The molecule has 202 valence electrons. The molecule has 1 amide bonds. The first-order chi connectivity index (χ1) is 18.7. The van der Waals surface area contributed by atoms with Crippen LogP contribution in [0, 0.1) is 10.1 Å². The van der Waals surface area contributed by atoms with Crippen LogP contribution in [0.1, 0.15) is 10.5 Å². The van der Waals surface area contributed by atoms with Gasteiger partial charge in [0.25, 0.3) is 21.6 Å². The Hall–Kier alpha value is -4.62. The first kappa shape index (κ1) is 26.0. The van der Waals surface area contributed by atoms with Crippen LogP contribution in [-0.4, -0.2) is 57.6 Å². The molecule has 39 heavy (non-hydrogen) atoms. The monoisotopic (exact) mass is 551 g/mol. The molecule has 0 atom stereocenters. The number of methoxy groups -OCH3 is 1. The first-order valence-electron chi connectivity index (χ1n) is 12.0. The number of non-ortho nitro benzene ring substituents is 1. The summed E-state index contributed by atoms with van der Waals surface area (Å²) in [6.07, 6.45) is 0. The van der Waals surface area contributed by atoms with E-state index in [2.05, 4.69) is 15.2 Å². The molecule has 1 aliphatic rings. The molecule has 2 heterocycles. The normalized spacial score (nSPS) is 13.7. The number of H-pyrrole nitrogens is 1. The fourth-order valence-electron chi connectivity index (χ4n) is 4.34. The fraction of sp³-hybridized carbons (Fsp3) is 0.192. The standard InChI is InChI=1S/C26H25N5O7S/c1-37-19-5-7-20(8-6-19)39(35,36)29-26(32)23-16-21-22(9-10-24(31(33)34)25(21)28-23)27-17-3-2-4-18(15-17)30-11-13-38-14-12-30/h2-10,15-16,27-28H,11-14H2,1H3,(H,29,32). The molecular weight excluding hydrogens is 526 g/mol. The zero-order chi connectivity index (χ0) is 27.6. The number of amides is 1. The molecule has 13 heteroatoms. The number of carbonyl (C=O) groups excluding carboxylic acids is 1. The summed E-state index contributed by atoms with van der Waals surface area (Å²) >= 11 is 0. The van der Waals surface area contributed by atoms with Gasteiger partial charge in [-0.3, -0.25) is 14.9 Å². The molecule has 1 saturated heterocycles. The van der Waals surface area contributed by atoms with Gasteiger partial charge in [0.2, 0.25) is 0 Å². The van der Waals surface area contributed by atoms with E-state index in [-0.39, 0.29) is 21.8 Å². The average molecular weight is 552 g/mol. The van der Waals surface area contributed by atoms with Crippen molar-refractivity contribution in [1.82, 2.24) is 9.71 Å². The van der Waals surface area contributed by atoms with Crippen LogP contribution >= 0.6 is 0 Å². The maximum absolute atomic E-state index is 12.9. The quantitative estimate of drug-likeness (QED) is 0.219. The van der Waals surface area contributed by atoms with E-state index in [1.807, 2.05) is 29.0 Å². The van der Waals surface area contributed by atoms with E-state index in [1.165, 1.54) is 43.5 Å². The maximum Gasteiger partial charge on any atom is 0.293 e. The van der Waals surface area contributed by atoms with Crippen molar-refractivity contribution in [1.29, 1.82) is 0 Å². The van der Waals surface area contributed by atoms with E-state index in [0.717, 1.165) is 24.5 Å². The third-order valence-corrected chi connectivity index (χ3v) is 7.66. The Labute approximate surface area is 223 Å². The van der Waals surface area contributed by atoms with Crippen LogP contribution in [0.15, 0.2) is 71.6 Å². The molecule has 1 aliphatic heterocycles. The van der Waals surface area contributed by atoms with Gasteiger partial charge in [-0.05, 0) is 54.6 Å². The van der Waals surface area contributed by atoms with Crippen LogP contribution in [-0.2, 0) is 14.8 Å². The third kappa shape index (κ3) is 5.49. The zero-order valence-electron chi connectivity index (χ0n) is 20.8. The van der Waals surface area contributed by atoms with Crippen LogP contribution in [0.5, 0.6) is 5.75 Å². The third-order valence-electron chi connectivity index (χ3n) is 6.31. The van der Waals surface area contributed by atoms with Gasteiger partial charge < -0.3 is 24.7 Å². The smallest absolute Gasteiger partial charge is 0.293 e. The summed E-state index contributed by atoms with van der Waals surface area (Å²) in [5, 5.41) is 15.3. The number of benzene rings is 3. The lowest BCUT2D eigenvalue weighted by molar-refractivity contribution is -0.383. The summed E-state index contributed by atoms with van der Waals surface area (Å²) in [4.78, 5) is 28.9. The summed E-state index contributed by atoms with van der Waals surface area (Å²) < 4.78 is 38.0. The maximum atomic E-state index is 12.9. The molecule has 4 aromatic rings. The number of carbonyl (C=O) groups is 1. The number of nitro benzene ring substituents is 1. The van der Waals surface area contributed by atoms with Gasteiger partial charge in [0, 0.05) is 41.6 Å². The Morgan fingerprint density at radius 1 is 1.08 bits per heavy atom. The lowest BCUT2D eigenvalue weighted by Gasteiger charge is -2.29. The minimum Gasteiger partial charge on any atom is -0.497 e. The second kappa shape index (κ2) is 10.6.